The Kier molecular flexibility index (Phi) is 5.04. The molecule has 0 unspecified atom stereocenters. The molecule has 0 bridgehead atoms. The lowest BCUT2D eigenvalue weighted by molar-refractivity contribution is -0.134. The van der Waals surface area contributed by atoms with Crippen molar-refractivity contribution >= 4 is 34.3 Å². The molecule has 2 aliphatic heterocycles. The van der Waals surface area contributed by atoms with E-state index >= 15 is 0 Å². The van der Waals surface area contributed by atoms with Crippen LogP contribution in [0, 0.1) is 0 Å². The maximum atomic E-state index is 13.4. The number of carbonyl (C=O) groups excluding carboxylic acids is 3. The number of rotatable bonds is 4. The molecule has 0 radical (unpaired) electrons. The van der Waals surface area contributed by atoms with E-state index in [0.717, 1.165) is 45.5 Å². The highest BCUT2D eigenvalue weighted by Gasteiger charge is 2.50. The first kappa shape index (κ1) is 21.0. The van der Waals surface area contributed by atoms with Crippen LogP contribution >= 0.6 is 0 Å². The first-order chi connectivity index (χ1) is 15.9. The molecule has 7 heteroatoms. The second kappa shape index (κ2) is 7.92. The summed E-state index contributed by atoms with van der Waals surface area (Å²) in [4.78, 5) is 42.0. The zero-order valence-corrected chi connectivity index (χ0v) is 18.6. The van der Waals surface area contributed by atoms with Crippen molar-refractivity contribution in [2.24, 2.45) is 0 Å². The van der Waals surface area contributed by atoms with Crippen molar-refractivity contribution in [3.8, 4) is 5.75 Å². The maximum Gasteiger partial charge on any atom is 0.325 e. The number of ether oxygens (including phenoxy) is 1. The Morgan fingerprint density at radius 1 is 1.06 bits per heavy atom. The molecule has 1 fully saturated rings. The molecule has 1 N–H and O–H groups in total. The molecule has 2 heterocycles. The fraction of sp³-hybridized carbons (Fsp3) is 0.269. The van der Waals surface area contributed by atoms with Crippen molar-refractivity contribution in [1.29, 1.82) is 0 Å². The van der Waals surface area contributed by atoms with Gasteiger partial charge in [0, 0.05) is 12.2 Å². The Labute approximate surface area is 191 Å². The monoisotopic (exact) mass is 443 g/mol. The number of methoxy groups -OCH3 is 1. The van der Waals surface area contributed by atoms with Crippen LogP contribution in [0.2, 0.25) is 0 Å². The fourth-order valence-electron chi connectivity index (χ4n) is 4.71. The lowest BCUT2D eigenvalue weighted by Crippen LogP contribution is -2.46. The average Bonchev–Trinajstić information content (AvgIpc) is 3.06. The number of amides is 4. The van der Waals surface area contributed by atoms with Gasteiger partial charge in [0.2, 0.25) is 5.91 Å². The molecule has 0 saturated carbocycles. The lowest BCUT2D eigenvalue weighted by Gasteiger charge is -2.30. The summed E-state index contributed by atoms with van der Waals surface area (Å²) in [5, 5.41) is 4.70. The molecule has 2 aliphatic rings. The van der Waals surface area contributed by atoms with Gasteiger partial charge in [-0.3, -0.25) is 14.5 Å². The molecule has 33 heavy (non-hydrogen) atoms. The summed E-state index contributed by atoms with van der Waals surface area (Å²) in [5.74, 6) is 0.0511. The van der Waals surface area contributed by atoms with Gasteiger partial charge >= 0.3 is 6.03 Å². The Hall–Kier alpha value is -3.87. The highest BCUT2D eigenvalue weighted by Crippen LogP contribution is 2.33. The summed E-state index contributed by atoms with van der Waals surface area (Å²) in [6.07, 6.45) is 1.76. The number of fused-ring (bicyclic) bond motifs is 2. The van der Waals surface area contributed by atoms with Gasteiger partial charge in [-0.1, -0.05) is 36.4 Å². The number of hydrogen-bond donors (Lipinski definition) is 1. The molecule has 3 aromatic carbocycles. The van der Waals surface area contributed by atoms with Gasteiger partial charge in [0.1, 0.15) is 17.8 Å². The van der Waals surface area contributed by atoms with Crippen molar-refractivity contribution in [2.45, 2.75) is 25.3 Å². The standard InChI is InChI=1S/C26H25N3O4/c1-26(20-11-9-19-15-21(33-2)12-10-18(19)14-20)24(31)29(25(32)27-26)16-23(30)28-13-5-7-17-6-3-4-8-22(17)28/h3-4,6,8-12,14-15H,5,7,13,16H2,1-2H3,(H,27,32)/t26-/m0/s1. The second-order valence-electron chi connectivity index (χ2n) is 8.65. The summed E-state index contributed by atoms with van der Waals surface area (Å²) >= 11 is 0. The van der Waals surface area contributed by atoms with Crippen LogP contribution in [0.1, 0.15) is 24.5 Å². The van der Waals surface area contributed by atoms with E-state index in [1.165, 1.54) is 0 Å². The molecule has 0 aromatic heterocycles. The molecule has 4 amide bonds. The molecule has 0 spiro atoms. The summed E-state index contributed by atoms with van der Waals surface area (Å²) in [6, 6.07) is 18.5. The molecule has 1 atom stereocenters. The third kappa shape index (κ3) is 3.50. The van der Waals surface area contributed by atoms with Crippen molar-refractivity contribution in [2.75, 3.05) is 25.1 Å². The molecular weight excluding hydrogens is 418 g/mol. The van der Waals surface area contributed by atoms with Crippen molar-refractivity contribution < 1.29 is 19.1 Å². The maximum absolute atomic E-state index is 13.4. The number of hydrogen-bond acceptors (Lipinski definition) is 4. The quantitative estimate of drug-likeness (QED) is 0.625. The van der Waals surface area contributed by atoms with E-state index in [-0.39, 0.29) is 12.5 Å². The van der Waals surface area contributed by atoms with Gasteiger partial charge in [-0.25, -0.2) is 4.79 Å². The van der Waals surface area contributed by atoms with Gasteiger partial charge in [0.25, 0.3) is 5.91 Å². The number of benzene rings is 3. The third-order valence-corrected chi connectivity index (χ3v) is 6.60. The largest absolute Gasteiger partial charge is 0.497 e. The summed E-state index contributed by atoms with van der Waals surface area (Å²) in [7, 11) is 1.61. The number of imide groups is 1. The topological polar surface area (TPSA) is 79.0 Å². The number of aryl methyl sites for hydroxylation is 1. The zero-order valence-electron chi connectivity index (χ0n) is 18.6. The van der Waals surface area contributed by atoms with Crippen LogP contribution in [0.5, 0.6) is 5.75 Å². The predicted molar refractivity (Wildman–Crippen MR) is 125 cm³/mol. The van der Waals surface area contributed by atoms with Crippen molar-refractivity contribution in [3.05, 3.63) is 71.8 Å². The van der Waals surface area contributed by atoms with Crippen LogP contribution in [0.15, 0.2) is 60.7 Å². The predicted octanol–water partition coefficient (Wildman–Crippen LogP) is 3.59. The third-order valence-electron chi connectivity index (χ3n) is 6.60. The highest BCUT2D eigenvalue weighted by molar-refractivity contribution is 6.11. The molecule has 1 saturated heterocycles. The van der Waals surface area contributed by atoms with Gasteiger partial charge in [-0.05, 0) is 65.9 Å². The number of nitrogens with one attached hydrogen (secondary N) is 1. The highest BCUT2D eigenvalue weighted by atomic mass is 16.5. The van der Waals surface area contributed by atoms with E-state index in [2.05, 4.69) is 5.32 Å². The Morgan fingerprint density at radius 2 is 1.82 bits per heavy atom. The molecule has 0 aliphatic carbocycles. The van der Waals surface area contributed by atoms with Gasteiger partial charge in [0.05, 0.1) is 7.11 Å². The molecule has 168 valence electrons. The average molecular weight is 444 g/mol. The van der Waals surface area contributed by atoms with Crippen LogP contribution in [0.4, 0.5) is 10.5 Å². The minimum Gasteiger partial charge on any atom is -0.497 e. The number of carbonyl (C=O) groups is 3. The van der Waals surface area contributed by atoms with E-state index < -0.39 is 17.5 Å². The fourth-order valence-corrected chi connectivity index (χ4v) is 4.71. The number of urea groups is 1. The Morgan fingerprint density at radius 3 is 2.64 bits per heavy atom. The van der Waals surface area contributed by atoms with Crippen molar-refractivity contribution in [1.82, 2.24) is 10.2 Å². The van der Waals surface area contributed by atoms with Crippen LogP contribution in [-0.4, -0.2) is 42.9 Å². The van der Waals surface area contributed by atoms with E-state index in [1.807, 2.05) is 60.7 Å². The van der Waals surface area contributed by atoms with Gasteiger partial charge < -0.3 is 15.0 Å². The van der Waals surface area contributed by atoms with Crippen LogP contribution in [-0.2, 0) is 21.5 Å². The Balaban J connectivity index is 1.40. The number of anilines is 1. The van der Waals surface area contributed by atoms with Gasteiger partial charge in [-0.2, -0.15) is 0 Å². The summed E-state index contributed by atoms with van der Waals surface area (Å²) in [6.45, 7) is 1.96. The first-order valence-corrected chi connectivity index (χ1v) is 11.0. The normalized spacial score (nSPS) is 20.1. The van der Waals surface area contributed by atoms with Gasteiger partial charge in [0.15, 0.2) is 0 Å². The minimum atomic E-state index is -1.24. The van der Waals surface area contributed by atoms with E-state index in [4.69, 9.17) is 4.74 Å². The summed E-state index contributed by atoms with van der Waals surface area (Å²) in [5.41, 5.74) is 1.38. The lowest BCUT2D eigenvalue weighted by atomic mass is 9.90. The SMILES string of the molecule is COc1ccc2cc([C@]3(C)NC(=O)N(CC(=O)N4CCCc5ccccc54)C3=O)ccc2c1. The van der Waals surface area contributed by atoms with E-state index in [9.17, 15) is 14.4 Å². The van der Waals surface area contributed by atoms with Crippen LogP contribution < -0.4 is 15.0 Å². The second-order valence-corrected chi connectivity index (χ2v) is 8.65. The Bertz CT molecular complexity index is 1290. The molecule has 5 rings (SSSR count). The first-order valence-electron chi connectivity index (χ1n) is 11.0. The zero-order chi connectivity index (χ0) is 23.2. The molecular formula is C26H25N3O4. The van der Waals surface area contributed by atoms with E-state index in [1.54, 1.807) is 18.9 Å². The minimum absolute atomic E-state index is 0.263. The van der Waals surface area contributed by atoms with Crippen molar-refractivity contribution in [3.63, 3.8) is 0 Å². The molecule has 7 nitrogen and oxygen atoms in total. The summed E-state index contributed by atoms with van der Waals surface area (Å²) < 4.78 is 5.27. The molecule has 3 aromatic rings. The van der Waals surface area contributed by atoms with E-state index in [0.29, 0.717) is 12.1 Å². The number of nitrogens with zero attached hydrogens (tertiary/aromatic N) is 2. The van der Waals surface area contributed by atoms with Gasteiger partial charge in [-0.15, -0.1) is 0 Å². The van der Waals surface area contributed by atoms with Crippen LogP contribution in [0.25, 0.3) is 10.8 Å². The van der Waals surface area contributed by atoms with Crippen LogP contribution in [0.3, 0.4) is 0 Å². The number of para-hydroxylation sites is 1. The smallest absolute Gasteiger partial charge is 0.325 e.